The van der Waals surface area contributed by atoms with Crippen LogP contribution in [0.4, 0.5) is 0 Å². The molecule has 1 aromatic carbocycles. The maximum absolute atomic E-state index is 5.82. The summed E-state index contributed by atoms with van der Waals surface area (Å²) in [5, 5.41) is 0. The van der Waals surface area contributed by atoms with Gasteiger partial charge in [0.15, 0.2) is 11.5 Å². The van der Waals surface area contributed by atoms with Crippen molar-refractivity contribution in [3.8, 4) is 11.5 Å². The van der Waals surface area contributed by atoms with Gasteiger partial charge in [0.05, 0.1) is 13.7 Å². The summed E-state index contributed by atoms with van der Waals surface area (Å²) in [6, 6.07) is 5.77. The first-order valence-electron chi connectivity index (χ1n) is 5.75. The summed E-state index contributed by atoms with van der Waals surface area (Å²) in [4.78, 5) is 0. The monoisotopic (exact) mass is 235 g/mol. The maximum Gasteiger partial charge on any atom is 0.161 e. The zero-order chi connectivity index (χ0) is 12.8. The number of rotatable bonds is 6. The molecule has 0 aliphatic carbocycles. The van der Waals surface area contributed by atoms with Crippen molar-refractivity contribution in [3.63, 3.8) is 0 Å². The van der Waals surface area contributed by atoms with Gasteiger partial charge in [-0.3, -0.25) is 0 Å². The van der Waals surface area contributed by atoms with E-state index in [-0.39, 0.29) is 6.04 Å². The Morgan fingerprint density at radius 3 is 2.65 bits per heavy atom. The van der Waals surface area contributed by atoms with E-state index in [9.17, 15) is 0 Å². The molecule has 1 unspecified atom stereocenters. The molecule has 0 spiro atoms. The van der Waals surface area contributed by atoms with Gasteiger partial charge in [-0.1, -0.05) is 11.6 Å². The molecule has 2 N–H and O–H groups in total. The van der Waals surface area contributed by atoms with Crippen LogP contribution in [0.15, 0.2) is 30.4 Å². The van der Waals surface area contributed by atoms with Gasteiger partial charge >= 0.3 is 0 Å². The molecule has 0 radical (unpaired) electrons. The van der Waals surface area contributed by atoms with E-state index >= 15 is 0 Å². The predicted octanol–water partition coefficient (Wildman–Crippen LogP) is 3.06. The lowest BCUT2D eigenvalue weighted by Crippen LogP contribution is -2.06. The van der Waals surface area contributed by atoms with Gasteiger partial charge in [-0.05, 0) is 31.5 Å². The van der Waals surface area contributed by atoms with Crippen molar-refractivity contribution >= 4 is 0 Å². The van der Waals surface area contributed by atoms with E-state index in [2.05, 4.69) is 6.58 Å². The summed E-state index contributed by atoms with van der Waals surface area (Å²) in [5.41, 5.74) is 7.96. The molecule has 0 saturated heterocycles. The third kappa shape index (κ3) is 4.11. The van der Waals surface area contributed by atoms with Crippen LogP contribution in [0.5, 0.6) is 11.5 Å². The van der Waals surface area contributed by atoms with Crippen LogP contribution in [0.3, 0.4) is 0 Å². The first-order chi connectivity index (χ1) is 8.04. The topological polar surface area (TPSA) is 44.5 Å². The minimum atomic E-state index is -0.00614. The molecule has 0 saturated carbocycles. The molecule has 0 aliphatic heterocycles. The molecular formula is C14H21NO2. The Morgan fingerprint density at radius 1 is 1.41 bits per heavy atom. The zero-order valence-corrected chi connectivity index (χ0v) is 10.8. The summed E-state index contributed by atoms with van der Waals surface area (Å²) in [7, 11) is 1.63. The van der Waals surface area contributed by atoms with Gasteiger partial charge < -0.3 is 15.2 Å². The van der Waals surface area contributed by atoms with Crippen molar-refractivity contribution in [2.24, 2.45) is 5.73 Å². The second kappa shape index (κ2) is 6.30. The lowest BCUT2D eigenvalue weighted by Gasteiger charge is -2.13. The summed E-state index contributed by atoms with van der Waals surface area (Å²) in [6.07, 6.45) is 0.845. The smallest absolute Gasteiger partial charge is 0.161 e. The van der Waals surface area contributed by atoms with E-state index in [0.29, 0.717) is 6.61 Å². The van der Waals surface area contributed by atoms with Crippen LogP contribution in [0.2, 0.25) is 0 Å². The second-order valence-corrected chi connectivity index (χ2v) is 4.25. The highest BCUT2D eigenvalue weighted by Crippen LogP contribution is 2.29. The highest BCUT2D eigenvalue weighted by molar-refractivity contribution is 5.43. The van der Waals surface area contributed by atoms with E-state index in [1.165, 1.54) is 0 Å². The minimum Gasteiger partial charge on any atom is -0.493 e. The van der Waals surface area contributed by atoms with E-state index in [1.807, 2.05) is 32.0 Å². The van der Waals surface area contributed by atoms with Crippen LogP contribution in [-0.2, 0) is 0 Å². The Bertz CT molecular complexity index is 386. The van der Waals surface area contributed by atoms with Gasteiger partial charge in [0.25, 0.3) is 0 Å². The molecule has 3 nitrogen and oxygen atoms in total. The van der Waals surface area contributed by atoms with E-state index in [1.54, 1.807) is 7.11 Å². The molecular weight excluding hydrogens is 214 g/mol. The number of benzene rings is 1. The first kappa shape index (κ1) is 13.6. The summed E-state index contributed by atoms with van der Waals surface area (Å²) in [6.45, 7) is 8.38. The van der Waals surface area contributed by atoms with Gasteiger partial charge in [0.1, 0.15) is 0 Å². The average molecular weight is 235 g/mol. The summed E-state index contributed by atoms with van der Waals surface area (Å²) >= 11 is 0. The molecule has 17 heavy (non-hydrogen) atoms. The van der Waals surface area contributed by atoms with E-state index in [0.717, 1.165) is 29.1 Å². The van der Waals surface area contributed by atoms with Crippen molar-refractivity contribution in [2.45, 2.75) is 26.3 Å². The molecule has 1 atom stereocenters. The predicted molar refractivity (Wildman–Crippen MR) is 70.5 cm³/mol. The minimum absolute atomic E-state index is 0.00614. The summed E-state index contributed by atoms with van der Waals surface area (Å²) in [5.74, 6) is 1.47. The van der Waals surface area contributed by atoms with Gasteiger partial charge in [-0.15, -0.1) is 6.58 Å². The molecule has 0 amide bonds. The number of methoxy groups -OCH3 is 1. The maximum atomic E-state index is 5.82. The fourth-order valence-corrected chi connectivity index (χ4v) is 1.42. The van der Waals surface area contributed by atoms with Gasteiger partial charge in [-0.2, -0.15) is 0 Å². The Labute approximate surface area is 103 Å². The normalized spacial score (nSPS) is 12.0. The van der Waals surface area contributed by atoms with Crippen LogP contribution >= 0.6 is 0 Å². The van der Waals surface area contributed by atoms with E-state index in [4.69, 9.17) is 15.2 Å². The highest BCUT2D eigenvalue weighted by atomic mass is 16.5. The van der Waals surface area contributed by atoms with Crippen molar-refractivity contribution in [2.75, 3.05) is 13.7 Å². The number of hydrogen-bond acceptors (Lipinski definition) is 3. The quantitative estimate of drug-likeness (QED) is 0.771. The first-order valence-corrected chi connectivity index (χ1v) is 5.75. The molecule has 3 heteroatoms. The molecule has 1 rings (SSSR count). The van der Waals surface area contributed by atoms with Crippen molar-refractivity contribution in [3.05, 3.63) is 35.9 Å². The van der Waals surface area contributed by atoms with Crippen molar-refractivity contribution in [1.82, 2.24) is 0 Å². The zero-order valence-electron chi connectivity index (χ0n) is 10.8. The lowest BCUT2D eigenvalue weighted by molar-refractivity contribution is 0.297. The van der Waals surface area contributed by atoms with Crippen LogP contribution in [0.1, 0.15) is 31.9 Å². The van der Waals surface area contributed by atoms with Crippen LogP contribution in [0, 0.1) is 0 Å². The largest absolute Gasteiger partial charge is 0.493 e. The summed E-state index contributed by atoms with van der Waals surface area (Å²) < 4.78 is 10.9. The molecule has 94 valence electrons. The Balaban J connectivity index is 2.74. The van der Waals surface area contributed by atoms with Crippen molar-refractivity contribution in [1.29, 1.82) is 0 Å². The Kier molecular flexibility index (Phi) is 5.04. The fourth-order valence-electron chi connectivity index (χ4n) is 1.42. The Morgan fingerprint density at radius 2 is 2.12 bits per heavy atom. The molecule has 0 fully saturated rings. The molecule has 0 heterocycles. The van der Waals surface area contributed by atoms with Gasteiger partial charge in [0.2, 0.25) is 0 Å². The number of nitrogens with two attached hydrogens (primary N) is 1. The third-order valence-corrected chi connectivity index (χ3v) is 2.50. The van der Waals surface area contributed by atoms with Crippen LogP contribution < -0.4 is 15.2 Å². The second-order valence-electron chi connectivity index (χ2n) is 4.25. The molecule has 0 aliphatic rings. The van der Waals surface area contributed by atoms with Crippen molar-refractivity contribution < 1.29 is 9.47 Å². The third-order valence-electron chi connectivity index (χ3n) is 2.50. The molecule has 0 bridgehead atoms. The average Bonchev–Trinajstić information content (AvgIpc) is 2.28. The van der Waals surface area contributed by atoms with E-state index < -0.39 is 0 Å². The van der Waals surface area contributed by atoms with Crippen LogP contribution in [0.25, 0.3) is 0 Å². The van der Waals surface area contributed by atoms with Gasteiger partial charge in [-0.25, -0.2) is 0 Å². The highest BCUT2D eigenvalue weighted by Gasteiger charge is 2.07. The number of ether oxygens (including phenoxy) is 2. The number of hydrogen-bond donors (Lipinski definition) is 1. The SMILES string of the molecule is C=C(C)CCOc1ccc(C(C)N)cc1OC. The molecule has 1 aromatic rings. The lowest BCUT2D eigenvalue weighted by atomic mass is 10.1. The standard InChI is InChI=1S/C14H21NO2/c1-10(2)7-8-17-13-6-5-12(11(3)15)9-14(13)16-4/h5-6,9,11H,1,7-8,15H2,2-4H3. The molecule has 0 aromatic heterocycles. The van der Waals surface area contributed by atoms with Gasteiger partial charge in [0, 0.05) is 12.5 Å². The van der Waals surface area contributed by atoms with Crippen LogP contribution in [-0.4, -0.2) is 13.7 Å². The fraction of sp³-hybridized carbons (Fsp3) is 0.429. The Hall–Kier alpha value is -1.48.